The van der Waals surface area contributed by atoms with Crippen molar-refractivity contribution in [1.82, 2.24) is 19.9 Å². The van der Waals surface area contributed by atoms with E-state index in [0.29, 0.717) is 0 Å². The van der Waals surface area contributed by atoms with Crippen LogP contribution in [-0.4, -0.2) is 33.0 Å². The van der Waals surface area contributed by atoms with Gasteiger partial charge in [0.1, 0.15) is 11.6 Å². The molecule has 3 heterocycles. The number of anilines is 1. The van der Waals surface area contributed by atoms with E-state index >= 15 is 0 Å². The number of hydrogen-bond acceptors (Lipinski definition) is 7. The Balaban J connectivity index is 2.03. The predicted molar refractivity (Wildman–Crippen MR) is 97.5 cm³/mol. The number of esters is 1. The van der Waals surface area contributed by atoms with Gasteiger partial charge in [-0.3, -0.25) is 4.79 Å². The highest BCUT2D eigenvalue weighted by atomic mass is 19.4. The van der Waals surface area contributed by atoms with Crippen LogP contribution in [0.4, 0.5) is 19.0 Å². The summed E-state index contributed by atoms with van der Waals surface area (Å²) in [7, 11) is 1.22. The van der Waals surface area contributed by atoms with Crippen molar-refractivity contribution in [1.29, 1.82) is 0 Å². The normalized spacial score (nSPS) is 12.6. The number of carbonyl (C=O) groups is 1. The zero-order chi connectivity index (χ0) is 21.3. The summed E-state index contributed by atoms with van der Waals surface area (Å²) >= 11 is 0. The molecule has 0 saturated carbocycles. The van der Waals surface area contributed by atoms with Crippen LogP contribution in [0.25, 0.3) is 11.0 Å². The largest absolute Gasteiger partial charge is 0.465 e. The van der Waals surface area contributed by atoms with Crippen LogP contribution in [0.1, 0.15) is 40.4 Å². The Labute approximate surface area is 162 Å². The Morgan fingerprint density at radius 3 is 2.59 bits per heavy atom. The van der Waals surface area contributed by atoms with E-state index in [4.69, 9.17) is 0 Å². The number of aromatic amines is 1. The number of carbonyl (C=O) groups excluding carboxylic acids is 1. The molecule has 0 aliphatic carbocycles. The Bertz CT molecular complexity index is 1130. The molecule has 0 aromatic carbocycles. The molecule has 3 aromatic heterocycles. The number of alkyl halides is 3. The van der Waals surface area contributed by atoms with E-state index in [1.807, 2.05) is 0 Å². The van der Waals surface area contributed by atoms with Gasteiger partial charge in [0.15, 0.2) is 11.3 Å². The molecule has 0 fully saturated rings. The zero-order valence-corrected chi connectivity index (χ0v) is 15.6. The van der Waals surface area contributed by atoms with E-state index < -0.39 is 29.4 Å². The first-order chi connectivity index (χ1) is 13.6. The summed E-state index contributed by atoms with van der Waals surface area (Å²) in [6.45, 7) is 2.93. The minimum Gasteiger partial charge on any atom is -0.465 e. The maximum atomic E-state index is 13.6. The maximum Gasteiger partial charge on any atom is 0.433 e. The number of fused-ring (bicyclic) bond motifs is 1. The SMILES string of the molecule is COC(=O)c1ccc(N[C@H](C)c2cc3c(=O)[nH]c(C)nc3nc2C(F)(F)F)nc1. The van der Waals surface area contributed by atoms with E-state index in [-0.39, 0.29) is 33.8 Å². The lowest BCUT2D eigenvalue weighted by molar-refractivity contribution is -0.141. The molecule has 1 atom stereocenters. The second-order valence-electron chi connectivity index (χ2n) is 6.24. The van der Waals surface area contributed by atoms with Gasteiger partial charge in [0, 0.05) is 11.8 Å². The Hall–Kier alpha value is -3.50. The number of pyridine rings is 2. The second-order valence-corrected chi connectivity index (χ2v) is 6.24. The quantitative estimate of drug-likeness (QED) is 0.640. The minimum absolute atomic E-state index is 0.0544. The fourth-order valence-electron chi connectivity index (χ4n) is 2.76. The molecule has 0 amide bonds. The first-order valence-electron chi connectivity index (χ1n) is 8.40. The third-order valence-corrected chi connectivity index (χ3v) is 4.13. The molecular formula is C18H16F3N5O3. The number of halogens is 3. The molecule has 0 aliphatic heterocycles. The van der Waals surface area contributed by atoms with Crippen LogP contribution in [-0.2, 0) is 10.9 Å². The monoisotopic (exact) mass is 407 g/mol. The van der Waals surface area contributed by atoms with E-state index in [1.54, 1.807) is 0 Å². The second kappa shape index (κ2) is 7.49. The number of methoxy groups -OCH3 is 1. The third-order valence-electron chi connectivity index (χ3n) is 4.13. The number of aromatic nitrogens is 4. The predicted octanol–water partition coefficient (Wildman–Crippen LogP) is 3.00. The fraction of sp³-hybridized carbons (Fsp3) is 0.278. The van der Waals surface area contributed by atoms with Gasteiger partial charge in [0.25, 0.3) is 5.56 Å². The fourth-order valence-corrected chi connectivity index (χ4v) is 2.76. The summed E-state index contributed by atoms with van der Waals surface area (Å²) in [6, 6.07) is 3.08. The maximum absolute atomic E-state index is 13.6. The number of nitrogens with zero attached hydrogens (tertiary/aromatic N) is 3. The van der Waals surface area contributed by atoms with Crippen molar-refractivity contribution in [2.45, 2.75) is 26.1 Å². The van der Waals surface area contributed by atoms with E-state index in [2.05, 4.69) is 30.0 Å². The summed E-state index contributed by atoms with van der Waals surface area (Å²) in [5.41, 5.74) is -2.05. The van der Waals surface area contributed by atoms with Gasteiger partial charge < -0.3 is 15.0 Å². The van der Waals surface area contributed by atoms with Gasteiger partial charge in [0.05, 0.1) is 24.1 Å². The molecule has 0 radical (unpaired) electrons. The molecule has 3 rings (SSSR count). The zero-order valence-electron chi connectivity index (χ0n) is 15.6. The number of aryl methyl sites for hydroxylation is 1. The highest BCUT2D eigenvalue weighted by molar-refractivity contribution is 5.89. The third kappa shape index (κ3) is 4.18. The van der Waals surface area contributed by atoms with Crippen molar-refractivity contribution in [2.75, 3.05) is 12.4 Å². The average Bonchev–Trinajstić information content (AvgIpc) is 2.66. The molecule has 11 heteroatoms. The number of hydrogen-bond donors (Lipinski definition) is 2. The topological polar surface area (TPSA) is 110 Å². The first-order valence-corrected chi connectivity index (χ1v) is 8.40. The van der Waals surface area contributed by atoms with Gasteiger partial charge >= 0.3 is 12.1 Å². The van der Waals surface area contributed by atoms with Crippen LogP contribution >= 0.6 is 0 Å². The molecule has 3 aromatic rings. The minimum atomic E-state index is -4.75. The number of H-pyrrole nitrogens is 1. The van der Waals surface area contributed by atoms with Crippen LogP contribution < -0.4 is 10.9 Å². The van der Waals surface area contributed by atoms with Gasteiger partial charge in [-0.05, 0) is 32.0 Å². The molecule has 152 valence electrons. The van der Waals surface area contributed by atoms with Crippen LogP contribution in [0.15, 0.2) is 29.2 Å². The van der Waals surface area contributed by atoms with Crippen LogP contribution in [0.3, 0.4) is 0 Å². The number of rotatable bonds is 4. The smallest absolute Gasteiger partial charge is 0.433 e. The summed E-state index contributed by atoms with van der Waals surface area (Å²) in [5.74, 6) is -0.191. The average molecular weight is 407 g/mol. The van der Waals surface area contributed by atoms with E-state index in [1.165, 1.54) is 39.3 Å². The molecule has 0 saturated heterocycles. The Morgan fingerprint density at radius 1 is 1.28 bits per heavy atom. The highest BCUT2D eigenvalue weighted by Crippen LogP contribution is 2.35. The molecule has 2 N–H and O–H groups in total. The summed E-state index contributed by atoms with van der Waals surface area (Å²) in [6.07, 6.45) is -3.51. The van der Waals surface area contributed by atoms with Crippen LogP contribution in [0, 0.1) is 6.92 Å². The van der Waals surface area contributed by atoms with Crippen molar-refractivity contribution < 1.29 is 22.7 Å². The van der Waals surface area contributed by atoms with Crippen molar-refractivity contribution in [3.63, 3.8) is 0 Å². The van der Waals surface area contributed by atoms with Gasteiger partial charge in [-0.25, -0.2) is 19.7 Å². The Morgan fingerprint density at radius 2 is 2.00 bits per heavy atom. The van der Waals surface area contributed by atoms with E-state index in [9.17, 15) is 22.8 Å². The highest BCUT2D eigenvalue weighted by Gasteiger charge is 2.37. The summed E-state index contributed by atoms with van der Waals surface area (Å²) < 4.78 is 45.3. The lowest BCUT2D eigenvalue weighted by Crippen LogP contribution is -2.20. The van der Waals surface area contributed by atoms with Crippen molar-refractivity contribution >= 4 is 22.8 Å². The van der Waals surface area contributed by atoms with Crippen LogP contribution in [0.2, 0.25) is 0 Å². The van der Waals surface area contributed by atoms with Gasteiger partial charge in [-0.1, -0.05) is 0 Å². The molecule has 29 heavy (non-hydrogen) atoms. The molecule has 0 unspecified atom stereocenters. The van der Waals surface area contributed by atoms with Crippen molar-refractivity contribution in [2.24, 2.45) is 0 Å². The van der Waals surface area contributed by atoms with Crippen LogP contribution in [0.5, 0.6) is 0 Å². The summed E-state index contributed by atoms with van der Waals surface area (Å²) in [4.78, 5) is 37.5. The molecule has 0 spiro atoms. The standard InChI is InChI=1S/C18H16F3N5O3/c1-8(23-13-5-4-10(7-22-13)17(28)29-3)11-6-12-15(24-9(2)25-16(12)27)26-14(11)18(19,20)21/h4-8H,1-3H3,(H,22,23)(H,24,25,26,27)/t8-/m1/s1. The van der Waals surface area contributed by atoms with Crippen molar-refractivity contribution in [3.8, 4) is 0 Å². The van der Waals surface area contributed by atoms with Gasteiger partial charge in [0.2, 0.25) is 0 Å². The molecular weight excluding hydrogens is 391 g/mol. The van der Waals surface area contributed by atoms with Gasteiger partial charge in [-0.15, -0.1) is 0 Å². The van der Waals surface area contributed by atoms with Crippen molar-refractivity contribution in [3.05, 3.63) is 57.4 Å². The Kier molecular flexibility index (Phi) is 5.23. The molecule has 0 bridgehead atoms. The number of nitrogens with one attached hydrogen (secondary N) is 2. The van der Waals surface area contributed by atoms with E-state index in [0.717, 1.165) is 6.07 Å². The van der Waals surface area contributed by atoms with Gasteiger partial charge in [-0.2, -0.15) is 13.2 Å². The number of ether oxygens (including phenoxy) is 1. The first kappa shape index (κ1) is 20.2. The lowest BCUT2D eigenvalue weighted by Gasteiger charge is -2.20. The molecule has 8 nitrogen and oxygen atoms in total. The molecule has 0 aliphatic rings. The lowest BCUT2D eigenvalue weighted by atomic mass is 10.0. The summed E-state index contributed by atoms with van der Waals surface area (Å²) in [5, 5.41) is 2.76.